The number of hydrogen-bond donors (Lipinski definition) is 0. The molecular formula is C22H19Br2ClN4O3. The Morgan fingerprint density at radius 1 is 1.31 bits per heavy atom. The van der Waals surface area contributed by atoms with Gasteiger partial charge in [0.15, 0.2) is 18.1 Å². The van der Waals surface area contributed by atoms with Gasteiger partial charge in [-0.15, -0.1) is 0 Å². The van der Waals surface area contributed by atoms with Crippen molar-refractivity contribution in [3.63, 3.8) is 0 Å². The third kappa shape index (κ3) is 4.82. The van der Waals surface area contributed by atoms with Gasteiger partial charge >= 0.3 is 0 Å². The maximum absolute atomic E-state index is 13.3. The predicted molar refractivity (Wildman–Crippen MR) is 132 cm³/mol. The lowest BCUT2D eigenvalue weighted by Gasteiger charge is -2.21. The molecule has 166 valence electrons. The maximum Gasteiger partial charge on any atom is 0.282 e. The molecule has 0 fully saturated rings. The monoisotopic (exact) mass is 580 g/mol. The summed E-state index contributed by atoms with van der Waals surface area (Å²) in [5, 5.41) is 13.9. The van der Waals surface area contributed by atoms with Gasteiger partial charge in [0.25, 0.3) is 5.56 Å². The number of hydrogen-bond acceptors (Lipinski definition) is 6. The van der Waals surface area contributed by atoms with Crippen LogP contribution in [0, 0.1) is 11.3 Å². The highest BCUT2D eigenvalue weighted by atomic mass is 79.9. The number of nitrogens with zero attached hydrogens (tertiary/aromatic N) is 4. The lowest BCUT2D eigenvalue weighted by Crippen LogP contribution is -2.29. The quantitative estimate of drug-likeness (QED) is 0.362. The first-order valence-electron chi connectivity index (χ1n) is 9.41. The molecule has 0 unspecified atom stereocenters. The van der Waals surface area contributed by atoms with Crippen molar-refractivity contribution < 1.29 is 9.47 Å². The molecule has 0 saturated carbocycles. The summed E-state index contributed by atoms with van der Waals surface area (Å²) in [6.07, 6.45) is 1.49. The van der Waals surface area contributed by atoms with Crippen LogP contribution in [0.1, 0.15) is 32.2 Å². The van der Waals surface area contributed by atoms with Gasteiger partial charge < -0.3 is 9.47 Å². The normalized spacial score (nSPS) is 11.7. The van der Waals surface area contributed by atoms with Gasteiger partial charge in [-0.2, -0.15) is 15.0 Å². The van der Waals surface area contributed by atoms with E-state index in [4.69, 9.17) is 31.3 Å². The summed E-state index contributed by atoms with van der Waals surface area (Å²) >= 11 is 13.3. The summed E-state index contributed by atoms with van der Waals surface area (Å²) in [5.74, 6) is 1.08. The van der Waals surface area contributed by atoms with Crippen molar-refractivity contribution in [1.29, 1.82) is 5.26 Å². The van der Waals surface area contributed by atoms with Crippen LogP contribution in [0.25, 0.3) is 10.9 Å². The Hall–Kier alpha value is -2.41. The molecule has 3 rings (SSSR count). The SMILES string of the molecule is COc1cc(C=Nn2c(C(C)(C)C)nc3ccc(Br)cc3c2=O)c(Br)c(Cl)c1OCC#N. The highest BCUT2D eigenvalue weighted by Gasteiger charge is 2.23. The summed E-state index contributed by atoms with van der Waals surface area (Å²) in [7, 11) is 1.47. The van der Waals surface area contributed by atoms with E-state index in [2.05, 4.69) is 37.0 Å². The minimum Gasteiger partial charge on any atom is -0.493 e. The van der Waals surface area contributed by atoms with Crippen molar-refractivity contribution in [3.05, 3.63) is 60.0 Å². The second kappa shape index (κ2) is 9.61. The van der Waals surface area contributed by atoms with Gasteiger partial charge in [0, 0.05) is 19.9 Å². The van der Waals surface area contributed by atoms with Gasteiger partial charge in [0.2, 0.25) is 0 Å². The molecule has 0 N–H and O–H groups in total. The van der Waals surface area contributed by atoms with E-state index in [0.717, 1.165) is 4.47 Å². The van der Waals surface area contributed by atoms with Gasteiger partial charge in [0.1, 0.15) is 16.9 Å². The summed E-state index contributed by atoms with van der Waals surface area (Å²) < 4.78 is 13.3. The van der Waals surface area contributed by atoms with E-state index in [-0.39, 0.29) is 22.9 Å². The number of nitriles is 1. The van der Waals surface area contributed by atoms with Crippen molar-refractivity contribution in [2.24, 2.45) is 5.10 Å². The summed E-state index contributed by atoms with van der Waals surface area (Å²) in [4.78, 5) is 18.0. The second-order valence-corrected chi connectivity index (χ2v) is 9.87. The Bertz CT molecular complexity index is 1320. The smallest absolute Gasteiger partial charge is 0.282 e. The lowest BCUT2D eigenvalue weighted by molar-refractivity contribution is 0.329. The third-order valence-electron chi connectivity index (χ3n) is 4.45. The van der Waals surface area contributed by atoms with Crippen molar-refractivity contribution in [1.82, 2.24) is 9.66 Å². The third-order valence-corrected chi connectivity index (χ3v) is 6.38. The fraction of sp³-hybridized carbons (Fsp3) is 0.273. The number of methoxy groups -OCH3 is 1. The van der Waals surface area contributed by atoms with Crippen molar-refractivity contribution in [3.8, 4) is 17.6 Å². The first-order valence-corrected chi connectivity index (χ1v) is 11.4. The summed E-state index contributed by atoms with van der Waals surface area (Å²) in [6.45, 7) is 5.70. The van der Waals surface area contributed by atoms with Gasteiger partial charge in [0.05, 0.1) is 24.2 Å². The summed E-state index contributed by atoms with van der Waals surface area (Å²) in [6, 6.07) is 8.91. The highest BCUT2D eigenvalue weighted by molar-refractivity contribution is 9.10. The van der Waals surface area contributed by atoms with Crippen LogP contribution in [0.4, 0.5) is 0 Å². The first-order chi connectivity index (χ1) is 15.1. The molecule has 0 aliphatic heterocycles. The molecule has 0 aliphatic rings. The van der Waals surface area contributed by atoms with Crippen LogP contribution >= 0.6 is 43.5 Å². The lowest BCUT2D eigenvalue weighted by atomic mass is 9.95. The molecule has 0 atom stereocenters. The van der Waals surface area contributed by atoms with E-state index in [0.29, 0.717) is 32.5 Å². The van der Waals surface area contributed by atoms with E-state index in [9.17, 15) is 4.79 Å². The van der Waals surface area contributed by atoms with Crippen LogP contribution < -0.4 is 15.0 Å². The minimum absolute atomic E-state index is 0.182. The Morgan fingerprint density at radius 2 is 2.03 bits per heavy atom. The Morgan fingerprint density at radius 3 is 2.66 bits per heavy atom. The molecule has 10 heteroatoms. The van der Waals surface area contributed by atoms with E-state index >= 15 is 0 Å². The zero-order chi connectivity index (χ0) is 23.6. The predicted octanol–water partition coefficient (Wildman–Crippen LogP) is 5.67. The van der Waals surface area contributed by atoms with Crippen LogP contribution in [-0.2, 0) is 5.41 Å². The van der Waals surface area contributed by atoms with Crippen LogP contribution in [0.2, 0.25) is 5.02 Å². The van der Waals surface area contributed by atoms with Crippen LogP contribution in [0.3, 0.4) is 0 Å². The molecule has 2 aromatic carbocycles. The topological polar surface area (TPSA) is 89.5 Å². The second-order valence-electron chi connectivity index (χ2n) is 7.78. The highest BCUT2D eigenvalue weighted by Crippen LogP contribution is 2.42. The molecular weight excluding hydrogens is 564 g/mol. The minimum atomic E-state index is -0.445. The average Bonchev–Trinajstić information content (AvgIpc) is 2.74. The van der Waals surface area contributed by atoms with Crippen LogP contribution in [-0.4, -0.2) is 29.6 Å². The Kier molecular flexibility index (Phi) is 7.28. The average molecular weight is 583 g/mol. The van der Waals surface area contributed by atoms with E-state index < -0.39 is 5.41 Å². The number of halogens is 3. The molecule has 7 nitrogen and oxygen atoms in total. The number of rotatable bonds is 5. The fourth-order valence-electron chi connectivity index (χ4n) is 2.95. The molecule has 1 aromatic heterocycles. The van der Waals surface area contributed by atoms with Crippen molar-refractivity contribution >= 4 is 60.6 Å². The standard InChI is InChI=1S/C22H19Br2ClN4O3/c1-22(2,3)21-28-15-6-5-13(23)10-14(15)20(30)29(21)27-11-12-9-16(31-4)19(32-8-7-26)18(25)17(12)24/h5-6,9-11H,8H2,1-4H3. The van der Waals surface area contributed by atoms with E-state index in [1.54, 1.807) is 18.2 Å². The largest absolute Gasteiger partial charge is 0.493 e. The van der Waals surface area contributed by atoms with Gasteiger partial charge in [-0.3, -0.25) is 4.79 Å². The fourth-order valence-corrected chi connectivity index (χ4v) is 3.97. The van der Waals surface area contributed by atoms with E-state index in [1.807, 2.05) is 32.9 Å². The van der Waals surface area contributed by atoms with Crippen molar-refractivity contribution in [2.75, 3.05) is 13.7 Å². The van der Waals surface area contributed by atoms with Gasteiger partial charge in [-0.05, 0) is 40.2 Å². The molecule has 32 heavy (non-hydrogen) atoms. The summed E-state index contributed by atoms with van der Waals surface area (Å²) in [5.41, 5.74) is 0.414. The number of fused-ring (bicyclic) bond motifs is 1. The molecule has 0 spiro atoms. The van der Waals surface area contributed by atoms with Crippen LogP contribution in [0.5, 0.6) is 11.5 Å². The molecule has 0 saturated heterocycles. The zero-order valence-electron chi connectivity index (χ0n) is 17.7. The zero-order valence-corrected chi connectivity index (χ0v) is 21.7. The van der Waals surface area contributed by atoms with Crippen LogP contribution in [0.15, 0.2) is 43.1 Å². The van der Waals surface area contributed by atoms with Crippen molar-refractivity contribution in [2.45, 2.75) is 26.2 Å². The molecule has 3 aromatic rings. The molecule has 0 bridgehead atoms. The maximum atomic E-state index is 13.3. The molecule has 1 heterocycles. The van der Waals surface area contributed by atoms with Gasteiger partial charge in [-0.25, -0.2) is 4.98 Å². The molecule has 0 radical (unpaired) electrons. The van der Waals surface area contributed by atoms with Gasteiger partial charge in [-0.1, -0.05) is 48.3 Å². The molecule has 0 aliphatic carbocycles. The first kappa shape index (κ1) is 24.2. The number of aromatic nitrogens is 2. The number of benzene rings is 2. The Labute approximate surface area is 206 Å². The molecule has 0 amide bonds. The Balaban J connectivity index is 2.20. The number of ether oxygens (including phenoxy) is 2. The van der Waals surface area contributed by atoms with E-state index in [1.165, 1.54) is 18.0 Å².